The molecule has 0 N–H and O–H groups in total. The molecule has 0 radical (unpaired) electrons. The predicted molar refractivity (Wildman–Crippen MR) is 94.1 cm³/mol. The van der Waals surface area contributed by atoms with E-state index in [4.69, 9.17) is 0 Å². The third-order valence-electron chi connectivity index (χ3n) is 5.01. The van der Waals surface area contributed by atoms with Gasteiger partial charge in [0, 0.05) is 45.1 Å². The molecule has 2 aliphatic heterocycles. The Labute approximate surface area is 152 Å². The van der Waals surface area contributed by atoms with Gasteiger partial charge >= 0.3 is 0 Å². The molecule has 0 bridgehead atoms. The molecule has 2 aromatic rings. The minimum Gasteiger partial charge on any atom is -0.336 e. The highest BCUT2D eigenvalue weighted by Crippen LogP contribution is 2.21. The first-order chi connectivity index (χ1) is 12.6. The maximum absolute atomic E-state index is 12.9. The number of pyridine rings is 1. The van der Waals surface area contributed by atoms with Crippen LogP contribution in [0.15, 0.2) is 35.6 Å². The fourth-order valence-corrected chi connectivity index (χ4v) is 4.94. The molecule has 1 fully saturated rings. The number of hydrogen-bond acceptors (Lipinski definition) is 5. The Balaban J connectivity index is 1.45. The summed E-state index contributed by atoms with van der Waals surface area (Å²) in [4.78, 5) is 18.6. The van der Waals surface area contributed by atoms with Crippen LogP contribution in [0.2, 0.25) is 0 Å². The second-order valence-electron chi connectivity index (χ2n) is 6.57. The number of nitrogens with zero attached hydrogens (tertiary/aromatic N) is 5. The second-order valence-corrected chi connectivity index (χ2v) is 8.51. The van der Waals surface area contributed by atoms with Crippen molar-refractivity contribution in [2.75, 3.05) is 26.2 Å². The number of rotatable bonds is 3. The maximum Gasteiger partial charge on any atom is 0.257 e. The Hall–Kier alpha value is -2.26. The van der Waals surface area contributed by atoms with Crippen LogP contribution in [0.4, 0.5) is 0 Å². The van der Waals surface area contributed by atoms with Crippen LogP contribution in [0.5, 0.6) is 0 Å². The molecule has 0 saturated carbocycles. The first-order valence-corrected chi connectivity index (χ1v) is 10.3. The Morgan fingerprint density at radius 3 is 2.58 bits per heavy atom. The molecular weight excluding hydrogens is 354 g/mol. The van der Waals surface area contributed by atoms with Crippen LogP contribution in [0.3, 0.4) is 0 Å². The molecule has 4 heterocycles. The number of carbonyl (C=O) groups is 1. The summed E-state index contributed by atoms with van der Waals surface area (Å²) in [7, 11) is -3.56. The monoisotopic (exact) mass is 375 g/mol. The molecule has 2 aromatic heterocycles. The Morgan fingerprint density at radius 2 is 1.85 bits per heavy atom. The van der Waals surface area contributed by atoms with Gasteiger partial charge in [-0.05, 0) is 31.4 Å². The van der Waals surface area contributed by atoms with Crippen molar-refractivity contribution in [2.45, 2.75) is 30.7 Å². The van der Waals surface area contributed by atoms with Gasteiger partial charge < -0.3 is 4.90 Å². The van der Waals surface area contributed by atoms with Gasteiger partial charge in [-0.15, -0.1) is 0 Å². The first-order valence-electron chi connectivity index (χ1n) is 8.81. The largest absolute Gasteiger partial charge is 0.336 e. The molecular formula is C17H21N5O3S. The Morgan fingerprint density at radius 1 is 1.04 bits per heavy atom. The van der Waals surface area contributed by atoms with E-state index in [9.17, 15) is 13.2 Å². The van der Waals surface area contributed by atoms with Crippen LogP contribution in [0, 0.1) is 0 Å². The molecule has 0 spiro atoms. The van der Waals surface area contributed by atoms with Crippen LogP contribution < -0.4 is 0 Å². The quantitative estimate of drug-likeness (QED) is 0.790. The van der Waals surface area contributed by atoms with E-state index in [1.807, 2.05) is 4.68 Å². The summed E-state index contributed by atoms with van der Waals surface area (Å²) in [6.45, 7) is 2.19. The molecule has 0 aliphatic carbocycles. The Kier molecular flexibility index (Phi) is 4.49. The zero-order chi connectivity index (χ0) is 18.1. The summed E-state index contributed by atoms with van der Waals surface area (Å²) >= 11 is 0. The van der Waals surface area contributed by atoms with Crippen LogP contribution in [-0.2, 0) is 23.0 Å². The Bertz CT molecular complexity index is 902. The zero-order valence-electron chi connectivity index (χ0n) is 14.4. The molecule has 4 rings (SSSR count). The van der Waals surface area contributed by atoms with Crippen molar-refractivity contribution in [1.29, 1.82) is 0 Å². The molecule has 0 atom stereocenters. The van der Waals surface area contributed by atoms with Crippen molar-refractivity contribution in [2.24, 2.45) is 0 Å². The third-order valence-corrected chi connectivity index (χ3v) is 6.89. The van der Waals surface area contributed by atoms with Crippen molar-refractivity contribution < 1.29 is 13.2 Å². The second kappa shape index (κ2) is 6.81. The normalized spacial score (nSPS) is 18.5. The van der Waals surface area contributed by atoms with Crippen LogP contribution >= 0.6 is 0 Å². The van der Waals surface area contributed by atoms with E-state index < -0.39 is 10.0 Å². The van der Waals surface area contributed by atoms with E-state index in [-0.39, 0.29) is 23.9 Å². The topological polar surface area (TPSA) is 88.4 Å². The van der Waals surface area contributed by atoms with Crippen molar-refractivity contribution in [3.8, 4) is 0 Å². The van der Waals surface area contributed by atoms with Crippen LogP contribution in [0.1, 0.15) is 28.9 Å². The number of fused-ring (bicyclic) bond motifs is 1. The number of amides is 1. The lowest BCUT2D eigenvalue weighted by atomic mass is 10.1. The van der Waals surface area contributed by atoms with Crippen LogP contribution in [0.25, 0.3) is 0 Å². The predicted octanol–water partition coefficient (Wildman–Crippen LogP) is 0.761. The lowest BCUT2D eigenvalue weighted by Crippen LogP contribution is -2.50. The van der Waals surface area contributed by atoms with Crippen molar-refractivity contribution in [1.82, 2.24) is 24.0 Å². The molecule has 1 saturated heterocycles. The molecule has 1 amide bonds. The molecule has 0 aromatic carbocycles. The van der Waals surface area contributed by atoms with E-state index in [1.165, 1.54) is 10.5 Å². The van der Waals surface area contributed by atoms with Gasteiger partial charge in [-0.25, -0.2) is 8.42 Å². The molecule has 8 nitrogen and oxygen atoms in total. The highest BCUT2D eigenvalue weighted by Gasteiger charge is 2.32. The summed E-state index contributed by atoms with van der Waals surface area (Å²) in [5, 5.41) is 4.32. The summed E-state index contributed by atoms with van der Waals surface area (Å²) in [6.07, 6.45) is 7.59. The average molecular weight is 375 g/mol. The maximum atomic E-state index is 12.9. The van der Waals surface area contributed by atoms with E-state index in [1.54, 1.807) is 29.4 Å². The standard InChI is InChI=1S/C17H21N5O3S/c23-17(15-13-19-22-7-2-1-5-16(15)22)20-8-10-21(11-9-20)26(24,25)14-4-3-6-18-12-14/h3-4,6,12-13H,1-2,5,7-11H2. The minimum absolute atomic E-state index is 0.0495. The van der Waals surface area contributed by atoms with Crippen molar-refractivity contribution in [3.63, 3.8) is 0 Å². The van der Waals surface area contributed by atoms with Gasteiger partial charge in [0.1, 0.15) is 4.90 Å². The SMILES string of the molecule is O=C(c1cnn2c1CCCC2)N1CCN(S(=O)(=O)c2cccnc2)CC1. The van der Waals surface area contributed by atoms with Gasteiger partial charge in [-0.2, -0.15) is 9.40 Å². The summed E-state index contributed by atoms with van der Waals surface area (Å²) in [5.41, 5.74) is 1.67. The van der Waals surface area contributed by atoms with E-state index in [0.29, 0.717) is 18.7 Å². The van der Waals surface area contributed by atoms with E-state index in [0.717, 1.165) is 31.5 Å². The first kappa shape index (κ1) is 17.2. The van der Waals surface area contributed by atoms with Crippen LogP contribution in [-0.4, -0.2) is 64.5 Å². The molecule has 0 unspecified atom stereocenters. The fraction of sp³-hybridized carbons (Fsp3) is 0.471. The van der Waals surface area contributed by atoms with E-state index in [2.05, 4.69) is 10.1 Å². The summed E-state index contributed by atoms with van der Waals surface area (Å²) in [5.74, 6) is -0.0495. The lowest BCUT2D eigenvalue weighted by Gasteiger charge is -2.34. The van der Waals surface area contributed by atoms with Gasteiger partial charge in [-0.1, -0.05) is 0 Å². The fourth-order valence-electron chi connectivity index (χ4n) is 3.55. The van der Waals surface area contributed by atoms with Crippen molar-refractivity contribution >= 4 is 15.9 Å². The average Bonchev–Trinajstić information content (AvgIpc) is 3.12. The number of carbonyl (C=O) groups excluding carboxylic acids is 1. The van der Waals surface area contributed by atoms with Gasteiger partial charge in [-0.3, -0.25) is 14.5 Å². The number of hydrogen-bond donors (Lipinski definition) is 0. The third kappa shape index (κ3) is 3.01. The zero-order valence-corrected chi connectivity index (χ0v) is 15.2. The highest BCUT2D eigenvalue weighted by molar-refractivity contribution is 7.89. The molecule has 9 heteroatoms. The number of sulfonamides is 1. The van der Waals surface area contributed by atoms with Gasteiger partial charge in [0.2, 0.25) is 10.0 Å². The van der Waals surface area contributed by atoms with E-state index >= 15 is 0 Å². The van der Waals surface area contributed by atoms with Gasteiger partial charge in [0.05, 0.1) is 17.5 Å². The molecule has 26 heavy (non-hydrogen) atoms. The molecule has 2 aliphatic rings. The molecule has 138 valence electrons. The van der Waals surface area contributed by atoms with Gasteiger partial charge in [0.25, 0.3) is 5.91 Å². The smallest absolute Gasteiger partial charge is 0.257 e. The minimum atomic E-state index is -3.56. The van der Waals surface area contributed by atoms with Crippen molar-refractivity contribution in [3.05, 3.63) is 42.0 Å². The summed E-state index contributed by atoms with van der Waals surface area (Å²) in [6, 6.07) is 3.15. The number of aryl methyl sites for hydroxylation is 1. The van der Waals surface area contributed by atoms with Gasteiger partial charge in [0.15, 0.2) is 0 Å². The lowest BCUT2D eigenvalue weighted by molar-refractivity contribution is 0.0696. The highest BCUT2D eigenvalue weighted by atomic mass is 32.2. The number of aromatic nitrogens is 3. The number of piperazine rings is 1. The summed E-state index contributed by atoms with van der Waals surface area (Å²) < 4.78 is 28.6.